The molecule has 0 saturated heterocycles. The van der Waals surface area contributed by atoms with Crippen LogP contribution in [0, 0.1) is 13.8 Å². The molecule has 0 heteroatoms. The van der Waals surface area contributed by atoms with Crippen LogP contribution in [0.5, 0.6) is 0 Å². The molecule has 0 spiro atoms. The fraction of sp³-hybridized carbons (Fsp3) is 0.217. The Bertz CT molecular complexity index is 678. The zero-order valence-electron chi connectivity index (χ0n) is 11.9. The predicted molar refractivity (Wildman–Crippen MR) is 107 cm³/mol. The van der Waals surface area contributed by atoms with Crippen molar-refractivity contribution >= 4 is 0 Å². The first kappa shape index (κ1) is 20.7. The molecule has 0 nitrogen and oxygen atoms in total. The van der Waals surface area contributed by atoms with Gasteiger partial charge in [0.25, 0.3) is 0 Å². The highest BCUT2D eigenvalue weighted by Gasteiger charge is 2.02. The molecule has 122 valence electrons. The molecule has 0 aliphatic carbocycles. The molecule has 23 heavy (non-hydrogen) atoms. The highest BCUT2D eigenvalue weighted by atomic mass is 14.1. The quantitative estimate of drug-likeness (QED) is 0.458. The Labute approximate surface area is 142 Å². The second-order valence-electron chi connectivity index (χ2n) is 5.32. The maximum Gasteiger partial charge on any atom is -0.0178 e. The van der Waals surface area contributed by atoms with Crippen LogP contribution in [0.4, 0.5) is 0 Å². The van der Waals surface area contributed by atoms with Crippen LogP contribution in [-0.2, 0) is 0 Å². The highest BCUT2D eigenvalue weighted by Crippen LogP contribution is 2.27. The predicted octanol–water partition coefficient (Wildman–Crippen LogP) is 7.55. The van der Waals surface area contributed by atoms with Crippen molar-refractivity contribution in [1.82, 2.24) is 0 Å². The molecule has 3 aromatic rings. The van der Waals surface area contributed by atoms with Crippen LogP contribution in [0.3, 0.4) is 0 Å². The topological polar surface area (TPSA) is 0 Å². The van der Waals surface area contributed by atoms with E-state index in [1.807, 2.05) is 0 Å². The lowest BCUT2D eigenvalue weighted by molar-refractivity contribution is 1.46. The monoisotopic (exact) mass is 306 g/mol. The van der Waals surface area contributed by atoms with E-state index in [4.69, 9.17) is 0 Å². The summed E-state index contributed by atoms with van der Waals surface area (Å²) in [6.45, 7) is 4.27. The van der Waals surface area contributed by atoms with Crippen LogP contribution in [0.25, 0.3) is 22.3 Å². The molecule has 0 bridgehead atoms. The third-order valence-corrected chi connectivity index (χ3v) is 3.57. The van der Waals surface area contributed by atoms with Gasteiger partial charge >= 0.3 is 0 Å². The van der Waals surface area contributed by atoms with E-state index in [2.05, 4.69) is 86.6 Å². The van der Waals surface area contributed by atoms with Crippen molar-refractivity contribution in [1.29, 1.82) is 0 Å². The largest absolute Gasteiger partial charge is 0.0776 e. The summed E-state index contributed by atoms with van der Waals surface area (Å²) in [4.78, 5) is 0. The van der Waals surface area contributed by atoms with Gasteiger partial charge in [-0.1, -0.05) is 100 Å². The molecule has 0 fully saturated rings. The second kappa shape index (κ2) is 8.95. The Hall–Kier alpha value is -2.34. The SMILES string of the molecule is C.C.C.Cc1cccc(-c2cccc(-c3cccc(C)c3)c2)c1. The Morgan fingerprint density at radius 3 is 1.09 bits per heavy atom. The summed E-state index contributed by atoms with van der Waals surface area (Å²) in [6, 6.07) is 26.0. The van der Waals surface area contributed by atoms with Gasteiger partial charge in [-0.05, 0) is 42.2 Å². The first-order chi connectivity index (χ1) is 9.72. The van der Waals surface area contributed by atoms with E-state index in [1.54, 1.807) is 0 Å². The van der Waals surface area contributed by atoms with E-state index in [0.717, 1.165) is 0 Å². The van der Waals surface area contributed by atoms with Crippen LogP contribution in [0.15, 0.2) is 72.8 Å². The molecule has 0 aliphatic heterocycles. The minimum absolute atomic E-state index is 0. The Balaban J connectivity index is 0.00000161. The van der Waals surface area contributed by atoms with E-state index in [1.165, 1.54) is 33.4 Å². The van der Waals surface area contributed by atoms with E-state index in [9.17, 15) is 0 Å². The van der Waals surface area contributed by atoms with Crippen LogP contribution < -0.4 is 0 Å². The maximum absolute atomic E-state index is 2.27. The fourth-order valence-corrected chi connectivity index (χ4v) is 2.53. The molecule has 3 rings (SSSR count). The molecule has 0 saturated carbocycles. The first-order valence-corrected chi connectivity index (χ1v) is 6.96. The van der Waals surface area contributed by atoms with E-state index < -0.39 is 0 Å². The summed E-state index contributed by atoms with van der Waals surface area (Å²) in [5.41, 5.74) is 7.69. The third kappa shape index (κ3) is 4.82. The molecule has 0 amide bonds. The second-order valence-corrected chi connectivity index (χ2v) is 5.32. The lowest BCUT2D eigenvalue weighted by atomic mass is 9.97. The number of benzene rings is 3. The zero-order chi connectivity index (χ0) is 13.9. The zero-order valence-corrected chi connectivity index (χ0v) is 11.9. The van der Waals surface area contributed by atoms with Gasteiger partial charge in [0.2, 0.25) is 0 Å². The van der Waals surface area contributed by atoms with Crippen LogP contribution in [-0.4, -0.2) is 0 Å². The molecule has 0 aromatic heterocycles. The van der Waals surface area contributed by atoms with Crippen molar-refractivity contribution in [3.63, 3.8) is 0 Å². The van der Waals surface area contributed by atoms with Gasteiger partial charge < -0.3 is 0 Å². The van der Waals surface area contributed by atoms with Gasteiger partial charge in [-0.2, -0.15) is 0 Å². The van der Waals surface area contributed by atoms with Gasteiger partial charge in [-0.3, -0.25) is 0 Å². The van der Waals surface area contributed by atoms with Gasteiger partial charge in [-0.25, -0.2) is 0 Å². The summed E-state index contributed by atoms with van der Waals surface area (Å²) >= 11 is 0. The van der Waals surface area contributed by atoms with Crippen LogP contribution in [0.2, 0.25) is 0 Å². The van der Waals surface area contributed by atoms with Crippen molar-refractivity contribution in [2.24, 2.45) is 0 Å². The van der Waals surface area contributed by atoms with Crippen LogP contribution in [0.1, 0.15) is 33.4 Å². The van der Waals surface area contributed by atoms with Gasteiger partial charge in [0.05, 0.1) is 0 Å². The summed E-state index contributed by atoms with van der Waals surface area (Å²) in [5.74, 6) is 0. The molecular formula is C23H30. The summed E-state index contributed by atoms with van der Waals surface area (Å²) in [6.07, 6.45) is 0. The fourth-order valence-electron chi connectivity index (χ4n) is 2.53. The van der Waals surface area contributed by atoms with Gasteiger partial charge in [0.1, 0.15) is 0 Å². The molecule has 0 unspecified atom stereocenters. The van der Waals surface area contributed by atoms with Crippen molar-refractivity contribution < 1.29 is 0 Å². The van der Waals surface area contributed by atoms with Crippen molar-refractivity contribution in [2.75, 3.05) is 0 Å². The summed E-state index contributed by atoms with van der Waals surface area (Å²) in [7, 11) is 0. The van der Waals surface area contributed by atoms with Crippen molar-refractivity contribution in [2.45, 2.75) is 36.1 Å². The molecule has 0 N–H and O–H groups in total. The lowest BCUT2D eigenvalue weighted by Crippen LogP contribution is -1.83. The molecule has 3 aromatic carbocycles. The van der Waals surface area contributed by atoms with E-state index in [-0.39, 0.29) is 22.3 Å². The number of hydrogen-bond acceptors (Lipinski definition) is 0. The van der Waals surface area contributed by atoms with Crippen molar-refractivity contribution in [3.05, 3.63) is 83.9 Å². The molecule has 0 heterocycles. The summed E-state index contributed by atoms with van der Waals surface area (Å²) in [5, 5.41) is 0. The molecule has 0 radical (unpaired) electrons. The minimum Gasteiger partial charge on any atom is -0.0776 e. The molecular weight excluding hydrogens is 276 g/mol. The van der Waals surface area contributed by atoms with Gasteiger partial charge in [-0.15, -0.1) is 0 Å². The molecule has 0 aliphatic rings. The lowest BCUT2D eigenvalue weighted by Gasteiger charge is -2.07. The van der Waals surface area contributed by atoms with Crippen LogP contribution >= 0.6 is 0 Å². The summed E-state index contributed by atoms with van der Waals surface area (Å²) < 4.78 is 0. The van der Waals surface area contributed by atoms with E-state index >= 15 is 0 Å². The maximum atomic E-state index is 2.27. The smallest absolute Gasteiger partial charge is 0.0178 e. The Morgan fingerprint density at radius 2 is 0.739 bits per heavy atom. The first-order valence-electron chi connectivity index (χ1n) is 6.96. The minimum atomic E-state index is 0. The average Bonchev–Trinajstić information content (AvgIpc) is 2.47. The normalized spacial score (nSPS) is 9.13. The third-order valence-electron chi connectivity index (χ3n) is 3.57. The van der Waals surface area contributed by atoms with Crippen molar-refractivity contribution in [3.8, 4) is 22.3 Å². The average molecular weight is 306 g/mol. The standard InChI is InChI=1S/C20H18.3CH4/c1-15-6-3-8-17(12-15)19-10-5-11-20(14-19)18-9-4-7-16(2)13-18;;;/h3-14H,1-2H3;3*1H4. The van der Waals surface area contributed by atoms with Gasteiger partial charge in [0, 0.05) is 0 Å². The molecule has 0 atom stereocenters. The number of aryl methyl sites for hydroxylation is 2. The Kier molecular flexibility index (Phi) is 8.04. The number of hydrogen-bond donors (Lipinski definition) is 0. The van der Waals surface area contributed by atoms with Gasteiger partial charge in [0.15, 0.2) is 0 Å². The Morgan fingerprint density at radius 1 is 0.435 bits per heavy atom. The number of rotatable bonds is 2. The van der Waals surface area contributed by atoms with E-state index in [0.29, 0.717) is 0 Å². The highest BCUT2D eigenvalue weighted by molar-refractivity contribution is 5.73.